The van der Waals surface area contributed by atoms with Crippen molar-refractivity contribution >= 4 is 29.0 Å². The molecule has 4 nitrogen and oxygen atoms in total. The molecule has 2 aromatic rings. The van der Waals surface area contributed by atoms with Gasteiger partial charge in [-0.15, -0.1) is 0 Å². The maximum Gasteiger partial charge on any atom is 0.218 e. The summed E-state index contributed by atoms with van der Waals surface area (Å²) in [6.45, 7) is 1.62. The number of carbonyl (C=O) groups is 1. The van der Waals surface area contributed by atoms with Crippen molar-refractivity contribution in [2.75, 3.05) is 0 Å². The molecule has 0 saturated carbocycles. The van der Waals surface area contributed by atoms with Gasteiger partial charge in [0.2, 0.25) is 11.7 Å². The molecule has 0 aliphatic heterocycles. The van der Waals surface area contributed by atoms with Crippen molar-refractivity contribution in [2.24, 2.45) is 0 Å². The van der Waals surface area contributed by atoms with Crippen LogP contribution in [0.4, 0.5) is 0 Å². The van der Waals surface area contributed by atoms with E-state index in [2.05, 4.69) is 10.2 Å². The van der Waals surface area contributed by atoms with Gasteiger partial charge in [0.05, 0.1) is 10.7 Å². The number of carbonyl (C=O) groups excluding carboxylic acids is 1. The molecule has 0 unspecified atom stereocenters. The van der Waals surface area contributed by atoms with E-state index >= 15 is 0 Å². The van der Waals surface area contributed by atoms with Crippen LogP contribution in [0, 0.1) is 6.92 Å². The summed E-state index contributed by atoms with van der Waals surface area (Å²) < 4.78 is 0. The minimum Gasteiger partial charge on any atom is -0.493 e. The Morgan fingerprint density at radius 3 is 2.65 bits per heavy atom. The van der Waals surface area contributed by atoms with Gasteiger partial charge in [-0.05, 0) is 25.1 Å². The molecule has 0 radical (unpaired) electrons. The van der Waals surface area contributed by atoms with Crippen LogP contribution in [0.2, 0.25) is 10.0 Å². The number of benzene rings is 1. The Morgan fingerprint density at radius 2 is 2.12 bits per heavy atom. The average molecular weight is 271 g/mol. The van der Waals surface area contributed by atoms with Crippen molar-refractivity contribution < 1.29 is 9.90 Å². The number of aromatic hydroxyl groups is 1. The molecule has 0 fully saturated rings. The molecule has 1 aromatic carbocycles. The third-order valence-corrected chi connectivity index (χ3v) is 2.88. The Balaban J connectivity index is 2.51. The van der Waals surface area contributed by atoms with Crippen molar-refractivity contribution in [3.05, 3.63) is 45.1 Å². The number of ketones is 1. The molecule has 2 rings (SSSR count). The molecule has 0 aliphatic rings. The van der Waals surface area contributed by atoms with E-state index in [9.17, 15) is 9.90 Å². The van der Waals surface area contributed by atoms with E-state index in [4.69, 9.17) is 23.2 Å². The molecule has 88 valence electrons. The highest BCUT2D eigenvalue weighted by Gasteiger charge is 2.21. The number of aromatic nitrogens is 2. The van der Waals surface area contributed by atoms with Gasteiger partial charge in [0.1, 0.15) is 5.56 Å². The number of hydrogen-bond donors (Lipinski definition) is 2. The van der Waals surface area contributed by atoms with E-state index in [-0.39, 0.29) is 22.0 Å². The fourth-order valence-corrected chi connectivity index (χ4v) is 1.99. The zero-order valence-electron chi connectivity index (χ0n) is 8.79. The minimum atomic E-state index is -0.393. The Labute approximate surface area is 107 Å². The van der Waals surface area contributed by atoms with E-state index in [1.165, 1.54) is 12.1 Å². The maximum atomic E-state index is 12.1. The van der Waals surface area contributed by atoms with Crippen molar-refractivity contribution in [1.82, 2.24) is 10.2 Å². The molecule has 0 amide bonds. The Bertz CT molecular complexity index is 574. The van der Waals surface area contributed by atoms with E-state index in [0.717, 1.165) is 0 Å². The van der Waals surface area contributed by atoms with Gasteiger partial charge < -0.3 is 5.11 Å². The van der Waals surface area contributed by atoms with Crippen LogP contribution >= 0.6 is 23.2 Å². The normalized spacial score (nSPS) is 10.5. The second kappa shape index (κ2) is 4.39. The summed E-state index contributed by atoms with van der Waals surface area (Å²) in [7, 11) is 0. The summed E-state index contributed by atoms with van der Waals surface area (Å²) in [4.78, 5) is 12.1. The minimum absolute atomic E-state index is 0.120. The number of hydrogen-bond acceptors (Lipinski definition) is 3. The number of H-pyrrole nitrogens is 1. The molecule has 0 atom stereocenters. The highest BCUT2D eigenvalue weighted by Crippen LogP contribution is 2.27. The number of nitrogens with zero attached hydrogens (tertiary/aromatic N) is 1. The Morgan fingerprint density at radius 1 is 1.41 bits per heavy atom. The van der Waals surface area contributed by atoms with Gasteiger partial charge in [-0.3, -0.25) is 4.79 Å². The summed E-state index contributed by atoms with van der Waals surface area (Å²) in [6.07, 6.45) is 0. The number of nitrogens with one attached hydrogen (secondary N) is 1. The van der Waals surface area contributed by atoms with Crippen molar-refractivity contribution in [3.63, 3.8) is 0 Å². The van der Waals surface area contributed by atoms with Gasteiger partial charge >= 0.3 is 0 Å². The first kappa shape index (κ1) is 12.0. The van der Waals surface area contributed by atoms with Gasteiger partial charge in [0.25, 0.3) is 0 Å². The van der Waals surface area contributed by atoms with Crippen LogP contribution in [0.1, 0.15) is 21.6 Å². The second-order valence-corrected chi connectivity index (χ2v) is 4.33. The monoisotopic (exact) mass is 270 g/mol. The van der Waals surface area contributed by atoms with E-state index < -0.39 is 5.78 Å². The third-order valence-electron chi connectivity index (χ3n) is 2.33. The average Bonchev–Trinajstić information content (AvgIpc) is 2.58. The molecule has 0 bridgehead atoms. The first-order valence-corrected chi connectivity index (χ1v) is 5.50. The van der Waals surface area contributed by atoms with Crippen LogP contribution in [-0.2, 0) is 0 Å². The molecule has 6 heteroatoms. The summed E-state index contributed by atoms with van der Waals surface area (Å²) >= 11 is 11.7. The predicted molar refractivity (Wildman–Crippen MR) is 64.9 cm³/mol. The van der Waals surface area contributed by atoms with Crippen molar-refractivity contribution in [2.45, 2.75) is 6.92 Å². The number of halogens is 2. The fourth-order valence-electron chi connectivity index (χ4n) is 1.50. The zero-order chi connectivity index (χ0) is 12.6. The summed E-state index contributed by atoms with van der Waals surface area (Å²) in [6, 6.07) is 4.55. The van der Waals surface area contributed by atoms with Crippen LogP contribution in [0.15, 0.2) is 18.2 Å². The number of rotatable bonds is 2. The van der Waals surface area contributed by atoms with Crippen LogP contribution in [0.3, 0.4) is 0 Å². The lowest BCUT2D eigenvalue weighted by molar-refractivity contribution is 0.103. The standard InChI is InChI=1S/C11H8Cl2N2O2/c1-5-9(11(17)15-14-5)10(16)7-3-2-6(12)4-8(7)13/h2-4H,1H3,(H2,14,15,17). The first-order valence-electron chi connectivity index (χ1n) is 4.74. The Hall–Kier alpha value is -1.52. The first-order chi connectivity index (χ1) is 8.00. The van der Waals surface area contributed by atoms with E-state index in [1.807, 2.05) is 0 Å². The van der Waals surface area contributed by atoms with Crippen LogP contribution in [-0.4, -0.2) is 21.1 Å². The largest absolute Gasteiger partial charge is 0.493 e. The van der Waals surface area contributed by atoms with Crippen molar-refractivity contribution in [1.29, 1.82) is 0 Å². The van der Waals surface area contributed by atoms with Crippen LogP contribution < -0.4 is 0 Å². The fraction of sp³-hybridized carbons (Fsp3) is 0.0909. The number of aromatic amines is 1. The van der Waals surface area contributed by atoms with Gasteiger partial charge in [-0.1, -0.05) is 23.2 Å². The summed E-state index contributed by atoms with van der Waals surface area (Å²) in [5.74, 6) is -0.658. The van der Waals surface area contributed by atoms with E-state index in [0.29, 0.717) is 10.7 Å². The molecule has 17 heavy (non-hydrogen) atoms. The molecule has 0 spiro atoms. The molecular formula is C11H8Cl2N2O2. The highest BCUT2D eigenvalue weighted by atomic mass is 35.5. The van der Waals surface area contributed by atoms with Crippen LogP contribution in [0.25, 0.3) is 0 Å². The summed E-state index contributed by atoms with van der Waals surface area (Å²) in [5.41, 5.74) is 0.809. The SMILES string of the molecule is Cc1n[nH]c(O)c1C(=O)c1ccc(Cl)cc1Cl. The maximum absolute atomic E-state index is 12.1. The Kier molecular flexibility index (Phi) is 3.09. The molecule has 0 aliphatic carbocycles. The van der Waals surface area contributed by atoms with Crippen molar-refractivity contribution in [3.8, 4) is 5.88 Å². The lowest BCUT2D eigenvalue weighted by Gasteiger charge is -2.03. The predicted octanol–water partition coefficient (Wildman–Crippen LogP) is 2.96. The lowest BCUT2D eigenvalue weighted by Crippen LogP contribution is -2.03. The quantitative estimate of drug-likeness (QED) is 0.825. The molecule has 0 saturated heterocycles. The zero-order valence-corrected chi connectivity index (χ0v) is 10.3. The number of aryl methyl sites for hydroxylation is 1. The smallest absolute Gasteiger partial charge is 0.218 e. The van der Waals surface area contributed by atoms with Gasteiger partial charge in [-0.2, -0.15) is 5.10 Å². The van der Waals surface area contributed by atoms with E-state index in [1.54, 1.807) is 13.0 Å². The molecule has 2 N–H and O–H groups in total. The second-order valence-electron chi connectivity index (χ2n) is 3.49. The van der Waals surface area contributed by atoms with Gasteiger partial charge in [0.15, 0.2) is 0 Å². The highest BCUT2D eigenvalue weighted by molar-refractivity contribution is 6.37. The topological polar surface area (TPSA) is 66.0 Å². The lowest BCUT2D eigenvalue weighted by atomic mass is 10.0. The molecular weight excluding hydrogens is 263 g/mol. The third kappa shape index (κ3) is 2.14. The van der Waals surface area contributed by atoms with Gasteiger partial charge in [-0.25, -0.2) is 5.10 Å². The molecule has 1 aromatic heterocycles. The summed E-state index contributed by atoms with van der Waals surface area (Å²) in [5, 5.41) is 16.3. The van der Waals surface area contributed by atoms with Crippen LogP contribution in [0.5, 0.6) is 5.88 Å². The molecule has 1 heterocycles. The van der Waals surface area contributed by atoms with Gasteiger partial charge in [0, 0.05) is 10.6 Å².